The molecule has 3 atom stereocenters. The van der Waals surface area contributed by atoms with Gasteiger partial charge in [-0.15, -0.1) is 11.6 Å². The van der Waals surface area contributed by atoms with Crippen LogP contribution < -0.4 is 4.74 Å². The maximum atomic E-state index is 6.60. The van der Waals surface area contributed by atoms with Crippen LogP contribution in [0.5, 0.6) is 5.75 Å². The van der Waals surface area contributed by atoms with E-state index in [1.165, 1.54) is 5.56 Å². The first-order valence-corrected chi connectivity index (χ1v) is 6.87. The van der Waals surface area contributed by atoms with Crippen molar-refractivity contribution in [3.05, 3.63) is 28.8 Å². The van der Waals surface area contributed by atoms with E-state index in [0.29, 0.717) is 12.0 Å². The molecule has 1 fully saturated rings. The van der Waals surface area contributed by atoms with E-state index in [-0.39, 0.29) is 5.38 Å². The van der Waals surface area contributed by atoms with Gasteiger partial charge in [0.25, 0.3) is 0 Å². The van der Waals surface area contributed by atoms with E-state index in [9.17, 15) is 0 Å². The van der Waals surface area contributed by atoms with E-state index < -0.39 is 0 Å². The number of rotatable bonds is 3. The molecule has 2 nitrogen and oxygen atoms in total. The van der Waals surface area contributed by atoms with E-state index in [2.05, 4.69) is 32.9 Å². The smallest absolute Gasteiger partial charge is 0.124 e. The summed E-state index contributed by atoms with van der Waals surface area (Å²) in [4.78, 5) is 0. The van der Waals surface area contributed by atoms with Crippen LogP contribution in [0.15, 0.2) is 12.1 Å². The van der Waals surface area contributed by atoms with Gasteiger partial charge in [-0.3, -0.25) is 0 Å². The highest BCUT2D eigenvalue weighted by Crippen LogP contribution is 2.38. The average molecular weight is 269 g/mol. The second kappa shape index (κ2) is 5.50. The summed E-state index contributed by atoms with van der Waals surface area (Å²) in [5.41, 5.74) is 3.46. The monoisotopic (exact) mass is 268 g/mol. The van der Waals surface area contributed by atoms with Crippen LogP contribution in [0.1, 0.15) is 35.4 Å². The lowest BCUT2D eigenvalue weighted by Gasteiger charge is -2.19. The molecule has 1 heterocycles. The molecule has 0 N–H and O–H groups in total. The van der Waals surface area contributed by atoms with Crippen LogP contribution in [0, 0.1) is 19.8 Å². The Morgan fingerprint density at radius 3 is 2.39 bits per heavy atom. The lowest BCUT2D eigenvalue weighted by Crippen LogP contribution is -2.09. The number of ether oxygens (including phenoxy) is 2. The van der Waals surface area contributed by atoms with E-state index in [1.807, 2.05) is 0 Å². The highest BCUT2D eigenvalue weighted by atomic mass is 35.5. The highest BCUT2D eigenvalue weighted by Gasteiger charge is 2.29. The molecule has 1 aliphatic heterocycles. The van der Waals surface area contributed by atoms with Crippen molar-refractivity contribution >= 4 is 11.6 Å². The summed E-state index contributed by atoms with van der Waals surface area (Å²) in [5.74, 6) is 1.37. The van der Waals surface area contributed by atoms with Gasteiger partial charge in [0.1, 0.15) is 5.75 Å². The number of benzene rings is 1. The molecule has 18 heavy (non-hydrogen) atoms. The van der Waals surface area contributed by atoms with Crippen molar-refractivity contribution < 1.29 is 9.47 Å². The lowest BCUT2D eigenvalue weighted by molar-refractivity contribution is 0.120. The van der Waals surface area contributed by atoms with Crippen LogP contribution in [-0.4, -0.2) is 19.8 Å². The molecular weight excluding hydrogens is 248 g/mol. The third-order valence-electron chi connectivity index (χ3n) is 3.65. The Hall–Kier alpha value is -0.730. The summed E-state index contributed by atoms with van der Waals surface area (Å²) in [6, 6.07) is 4.26. The predicted molar refractivity (Wildman–Crippen MR) is 74.6 cm³/mol. The molecule has 0 spiro atoms. The zero-order chi connectivity index (χ0) is 13.3. The summed E-state index contributed by atoms with van der Waals surface area (Å²) in [5, 5.41) is 0.0262. The van der Waals surface area contributed by atoms with E-state index in [0.717, 1.165) is 29.9 Å². The number of aryl methyl sites for hydroxylation is 2. The summed E-state index contributed by atoms with van der Waals surface area (Å²) in [6.45, 7) is 6.99. The summed E-state index contributed by atoms with van der Waals surface area (Å²) in [7, 11) is 1.71. The summed E-state index contributed by atoms with van der Waals surface area (Å²) < 4.78 is 11.0. The van der Waals surface area contributed by atoms with Crippen molar-refractivity contribution in [1.29, 1.82) is 0 Å². The van der Waals surface area contributed by atoms with Gasteiger partial charge in [-0.2, -0.15) is 0 Å². The first-order chi connectivity index (χ1) is 8.52. The fraction of sp³-hybridized carbons (Fsp3) is 0.600. The molecule has 0 bridgehead atoms. The molecule has 1 aromatic rings. The number of hydrogen-bond acceptors (Lipinski definition) is 2. The number of methoxy groups -OCH3 is 1. The van der Waals surface area contributed by atoms with Crippen LogP contribution >= 0.6 is 11.6 Å². The van der Waals surface area contributed by atoms with Gasteiger partial charge in [-0.25, -0.2) is 0 Å². The standard InChI is InChI=1S/C15H21ClO2/c1-9-5-12(6-10(2)15(9)17-4)14(16)13-7-11(3)18-8-13/h5-6,11,13-14H,7-8H2,1-4H3. The molecule has 0 aliphatic carbocycles. The molecule has 0 saturated carbocycles. The molecule has 1 saturated heterocycles. The SMILES string of the molecule is COc1c(C)cc(C(Cl)C2COC(C)C2)cc1C. The Kier molecular flexibility index (Phi) is 4.18. The Balaban J connectivity index is 2.23. The fourth-order valence-corrected chi connectivity index (χ4v) is 3.09. The van der Waals surface area contributed by atoms with E-state index >= 15 is 0 Å². The minimum atomic E-state index is 0.0262. The van der Waals surface area contributed by atoms with Crippen molar-refractivity contribution in [2.75, 3.05) is 13.7 Å². The maximum Gasteiger partial charge on any atom is 0.124 e. The predicted octanol–water partition coefficient (Wildman–Crippen LogP) is 4.02. The molecular formula is C15H21ClO2. The third kappa shape index (κ3) is 2.65. The molecule has 3 unspecified atom stereocenters. The van der Waals surface area contributed by atoms with Gasteiger partial charge in [0.2, 0.25) is 0 Å². The molecule has 1 aliphatic rings. The molecule has 0 aromatic heterocycles. The topological polar surface area (TPSA) is 18.5 Å². The van der Waals surface area contributed by atoms with Gasteiger partial charge >= 0.3 is 0 Å². The second-order valence-electron chi connectivity index (χ2n) is 5.23. The van der Waals surface area contributed by atoms with E-state index in [4.69, 9.17) is 21.1 Å². The van der Waals surface area contributed by atoms with Crippen LogP contribution in [0.2, 0.25) is 0 Å². The van der Waals surface area contributed by atoms with Gasteiger partial charge in [-0.05, 0) is 43.9 Å². The number of alkyl halides is 1. The van der Waals surface area contributed by atoms with Crippen molar-refractivity contribution in [3.63, 3.8) is 0 Å². The number of halogens is 1. The van der Waals surface area contributed by atoms with Crippen LogP contribution in [-0.2, 0) is 4.74 Å². The van der Waals surface area contributed by atoms with Crippen molar-refractivity contribution in [2.45, 2.75) is 38.7 Å². The van der Waals surface area contributed by atoms with Gasteiger partial charge in [0.15, 0.2) is 0 Å². The highest BCUT2D eigenvalue weighted by molar-refractivity contribution is 6.21. The van der Waals surface area contributed by atoms with Crippen molar-refractivity contribution in [1.82, 2.24) is 0 Å². The Morgan fingerprint density at radius 2 is 1.94 bits per heavy atom. The van der Waals surface area contributed by atoms with Gasteiger partial charge < -0.3 is 9.47 Å². The lowest BCUT2D eigenvalue weighted by atomic mass is 9.94. The average Bonchev–Trinajstić information content (AvgIpc) is 2.74. The molecule has 3 heteroatoms. The first-order valence-electron chi connectivity index (χ1n) is 6.43. The largest absolute Gasteiger partial charge is 0.496 e. The van der Waals surface area contributed by atoms with E-state index in [1.54, 1.807) is 7.11 Å². The Morgan fingerprint density at radius 1 is 1.33 bits per heavy atom. The Labute approximate surface area is 114 Å². The first kappa shape index (κ1) is 13.7. The van der Waals surface area contributed by atoms with Crippen molar-refractivity contribution in [2.24, 2.45) is 5.92 Å². The molecule has 1 aromatic carbocycles. The van der Waals surface area contributed by atoms with Crippen LogP contribution in [0.4, 0.5) is 0 Å². The third-order valence-corrected chi connectivity index (χ3v) is 4.26. The zero-order valence-electron chi connectivity index (χ0n) is 11.5. The normalized spacial score (nSPS) is 25.2. The molecule has 0 amide bonds. The molecule has 2 rings (SSSR count). The zero-order valence-corrected chi connectivity index (χ0v) is 12.3. The molecule has 100 valence electrons. The van der Waals surface area contributed by atoms with Gasteiger partial charge in [-0.1, -0.05) is 12.1 Å². The van der Waals surface area contributed by atoms with Gasteiger partial charge in [0, 0.05) is 5.92 Å². The molecule has 0 radical (unpaired) electrons. The second-order valence-corrected chi connectivity index (χ2v) is 5.70. The van der Waals surface area contributed by atoms with Crippen LogP contribution in [0.25, 0.3) is 0 Å². The van der Waals surface area contributed by atoms with Crippen molar-refractivity contribution in [3.8, 4) is 5.75 Å². The minimum Gasteiger partial charge on any atom is -0.496 e. The van der Waals surface area contributed by atoms with Gasteiger partial charge in [0.05, 0.1) is 25.2 Å². The number of hydrogen-bond donors (Lipinski definition) is 0. The summed E-state index contributed by atoms with van der Waals surface area (Å²) in [6.07, 6.45) is 1.37. The minimum absolute atomic E-state index is 0.0262. The Bertz CT molecular complexity index is 407. The quantitative estimate of drug-likeness (QED) is 0.771. The maximum absolute atomic E-state index is 6.60. The fourth-order valence-electron chi connectivity index (χ4n) is 2.79. The summed E-state index contributed by atoms with van der Waals surface area (Å²) >= 11 is 6.60. The van der Waals surface area contributed by atoms with Crippen LogP contribution in [0.3, 0.4) is 0 Å².